The molecule has 2 aromatic rings. The molecule has 0 aromatic heterocycles. The van der Waals surface area contributed by atoms with Gasteiger partial charge in [-0.05, 0) is 61.7 Å². The van der Waals surface area contributed by atoms with Crippen molar-refractivity contribution in [3.05, 3.63) is 63.6 Å². The highest BCUT2D eigenvalue weighted by molar-refractivity contribution is 7.92. The Morgan fingerprint density at radius 1 is 1.09 bits per heavy atom. The number of likely N-dealkylation sites (tertiary alicyclic amines) is 1. The summed E-state index contributed by atoms with van der Waals surface area (Å²) in [6, 6.07) is 11.6. The largest absolute Gasteiger partial charge is 0.350 e. The Labute approximate surface area is 200 Å². The van der Waals surface area contributed by atoms with Crippen LogP contribution < -0.4 is 9.62 Å². The van der Waals surface area contributed by atoms with Gasteiger partial charge in [-0.25, -0.2) is 8.42 Å². The van der Waals surface area contributed by atoms with Crippen molar-refractivity contribution in [3.8, 4) is 0 Å². The summed E-state index contributed by atoms with van der Waals surface area (Å²) < 4.78 is 26.4. The highest BCUT2D eigenvalue weighted by Crippen LogP contribution is 2.29. The summed E-state index contributed by atoms with van der Waals surface area (Å²) in [5.41, 5.74) is 2.46. The SMILES string of the molecule is CC[C@@H](C(=O)NCc1ccccc1CN1CCCC1)N(c1cc(Cl)cc(Cl)c1)S(C)(=O)=O. The molecule has 0 unspecified atom stereocenters. The van der Waals surface area contributed by atoms with E-state index in [1.54, 1.807) is 6.92 Å². The predicted octanol–water partition coefficient (Wildman–Crippen LogP) is 4.45. The third kappa shape index (κ3) is 6.38. The molecule has 0 radical (unpaired) electrons. The molecule has 1 saturated heterocycles. The van der Waals surface area contributed by atoms with Crippen LogP contribution in [0, 0.1) is 0 Å². The van der Waals surface area contributed by atoms with Crippen molar-refractivity contribution in [2.75, 3.05) is 23.7 Å². The number of amides is 1. The lowest BCUT2D eigenvalue weighted by Gasteiger charge is -2.30. The van der Waals surface area contributed by atoms with Crippen molar-refractivity contribution in [2.24, 2.45) is 0 Å². The molecule has 174 valence electrons. The first-order valence-electron chi connectivity index (χ1n) is 10.7. The maximum absolute atomic E-state index is 13.1. The number of rotatable bonds is 9. The van der Waals surface area contributed by atoms with E-state index in [0.717, 1.165) is 35.8 Å². The molecule has 0 aliphatic carbocycles. The standard InChI is InChI=1S/C23H29Cl2N3O3S/c1-3-22(28(32(2,30)31)21-13-19(24)12-20(25)14-21)23(29)26-15-17-8-4-5-9-18(17)16-27-10-6-7-11-27/h4-5,8-9,12-14,22H,3,6-7,10-11,15-16H2,1-2H3,(H,26,29)/t22-/m0/s1. The maximum Gasteiger partial charge on any atom is 0.244 e. The number of nitrogens with one attached hydrogen (secondary N) is 1. The van der Waals surface area contributed by atoms with Gasteiger partial charge in [0.1, 0.15) is 6.04 Å². The van der Waals surface area contributed by atoms with Crippen LogP contribution in [0.2, 0.25) is 10.0 Å². The van der Waals surface area contributed by atoms with E-state index in [-0.39, 0.29) is 11.6 Å². The van der Waals surface area contributed by atoms with Crippen molar-refractivity contribution >= 4 is 44.8 Å². The summed E-state index contributed by atoms with van der Waals surface area (Å²) in [6.45, 7) is 5.12. The minimum atomic E-state index is -3.77. The number of nitrogens with zero attached hydrogens (tertiary/aromatic N) is 2. The Morgan fingerprint density at radius 3 is 2.25 bits per heavy atom. The van der Waals surface area contributed by atoms with E-state index >= 15 is 0 Å². The van der Waals surface area contributed by atoms with Crippen molar-refractivity contribution in [1.82, 2.24) is 10.2 Å². The summed E-state index contributed by atoms with van der Waals surface area (Å²) in [7, 11) is -3.77. The van der Waals surface area contributed by atoms with Crippen LogP contribution in [0.5, 0.6) is 0 Å². The number of sulfonamides is 1. The lowest BCUT2D eigenvalue weighted by atomic mass is 10.1. The van der Waals surface area contributed by atoms with Gasteiger partial charge >= 0.3 is 0 Å². The van der Waals surface area contributed by atoms with E-state index < -0.39 is 16.1 Å². The molecule has 0 saturated carbocycles. The number of carbonyl (C=O) groups is 1. The second kappa shape index (κ2) is 10.9. The van der Waals surface area contributed by atoms with Gasteiger partial charge in [-0.3, -0.25) is 14.0 Å². The zero-order valence-corrected chi connectivity index (χ0v) is 20.7. The van der Waals surface area contributed by atoms with Gasteiger partial charge in [0.05, 0.1) is 11.9 Å². The van der Waals surface area contributed by atoms with Gasteiger partial charge in [0.25, 0.3) is 0 Å². The number of benzene rings is 2. The number of hydrogen-bond donors (Lipinski definition) is 1. The van der Waals surface area contributed by atoms with Gasteiger partial charge < -0.3 is 5.32 Å². The van der Waals surface area contributed by atoms with Gasteiger partial charge in [-0.15, -0.1) is 0 Å². The minimum absolute atomic E-state index is 0.265. The van der Waals surface area contributed by atoms with E-state index in [1.807, 2.05) is 18.2 Å². The molecule has 9 heteroatoms. The highest BCUT2D eigenvalue weighted by atomic mass is 35.5. The van der Waals surface area contributed by atoms with Gasteiger partial charge in [0.2, 0.25) is 15.9 Å². The van der Waals surface area contributed by atoms with E-state index in [9.17, 15) is 13.2 Å². The quantitative estimate of drug-likeness (QED) is 0.555. The van der Waals surface area contributed by atoms with Crippen LogP contribution in [-0.2, 0) is 27.9 Å². The van der Waals surface area contributed by atoms with Crippen molar-refractivity contribution in [2.45, 2.75) is 45.3 Å². The van der Waals surface area contributed by atoms with E-state index in [4.69, 9.17) is 23.2 Å². The zero-order chi connectivity index (χ0) is 23.3. The normalized spacial score (nSPS) is 15.5. The monoisotopic (exact) mass is 497 g/mol. The molecule has 6 nitrogen and oxygen atoms in total. The topological polar surface area (TPSA) is 69.7 Å². The molecule has 1 fully saturated rings. The summed E-state index contributed by atoms with van der Waals surface area (Å²) in [5, 5.41) is 3.53. The summed E-state index contributed by atoms with van der Waals surface area (Å²) in [6.07, 6.45) is 3.79. The van der Waals surface area contributed by atoms with Crippen LogP contribution in [0.25, 0.3) is 0 Å². The second-order valence-electron chi connectivity index (χ2n) is 8.08. The van der Waals surface area contributed by atoms with Gasteiger partial charge in [-0.1, -0.05) is 54.4 Å². The Bertz CT molecular complexity index is 1040. The number of carbonyl (C=O) groups excluding carboxylic acids is 1. The molecule has 1 heterocycles. The first kappa shape index (κ1) is 24.8. The first-order valence-corrected chi connectivity index (χ1v) is 13.3. The average molecular weight is 498 g/mol. The van der Waals surface area contributed by atoms with Gasteiger partial charge in [0.15, 0.2) is 0 Å². The fourth-order valence-electron chi connectivity index (χ4n) is 4.09. The molecule has 32 heavy (non-hydrogen) atoms. The van der Waals surface area contributed by atoms with Crippen LogP contribution in [0.3, 0.4) is 0 Å². The number of anilines is 1. The summed E-state index contributed by atoms with van der Waals surface area (Å²) in [5.74, 6) is -0.370. The lowest BCUT2D eigenvalue weighted by Crippen LogP contribution is -2.49. The number of halogens is 2. The van der Waals surface area contributed by atoms with Crippen molar-refractivity contribution in [3.63, 3.8) is 0 Å². The van der Waals surface area contributed by atoms with Gasteiger partial charge in [-0.2, -0.15) is 0 Å². The Balaban J connectivity index is 1.79. The Kier molecular flexibility index (Phi) is 8.44. The minimum Gasteiger partial charge on any atom is -0.350 e. The zero-order valence-electron chi connectivity index (χ0n) is 18.4. The molecule has 0 bridgehead atoms. The van der Waals surface area contributed by atoms with Crippen LogP contribution in [0.4, 0.5) is 5.69 Å². The third-order valence-corrected chi connectivity index (χ3v) is 7.21. The molecule has 1 aliphatic heterocycles. The molecule has 1 amide bonds. The second-order valence-corrected chi connectivity index (χ2v) is 10.8. The average Bonchev–Trinajstić information content (AvgIpc) is 3.22. The Morgan fingerprint density at radius 2 is 1.69 bits per heavy atom. The van der Waals surface area contributed by atoms with Gasteiger partial charge in [0, 0.05) is 23.1 Å². The molecular weight excluding hydrogens is 469 g/mol. The molecule has 3 rings (SSSR count). The molecule has 2 aromatic carbocycles. The van der Waals surface area contributed by atoms with E-state index in [0.29, 0.717) is 23.0 Å². The fourth-order valence-corrected chi connectivity index (χ4v) is 5.80. The van der Waals surface area contributed by atoms with Crippen molar-refractivity contribution in [1.29, 1.82) is 0 Å². The predicted molar refractivity (Wildman–Crippen MR) is 131 cm³/mol. The maximum atomic E-state index is 13.1. The van der Waals surface area contributed by atoms with Crippen molar-refractivity contribution < 1.29 is 13.2 Å². The van der Waals surface area contributed by atoms with Crippen LogP contribution in [0.15, 0.2) is 42.5 Å². The van der Waals surface area contributed by atoms with Crippen LogP contribution in [0.1, 0.15) is 37.3 Å². The Hall–Kier alpha value is -1.80. The molecule has 0 spiro atoms. The molecular formula is C23H29Cl2N3O3S. The molecule has 1 aliphatic rings. The molecule has 1 atom stereocenters. The fraction of sp³-hybridized carbons (Fsp3) is 0.435. The third-order valence-electron chi connectivity index (χ3n) is 5.60. The highest BCUT2D eigenvalue weighted by Gasteiger charge is 2.32. The smallest absolute Gasteiger partial charge is 0.244 e. The van der Waals surface area contributed by atoms with Crippen LogP contribution >= 0.6 is 23.2 Å². The van der Waals surface area contributed by atoms with E-state index in [2.05, 4.69) is 16.3 Å². The van der Waals surface area contributed by atoms with Crippen LogP contribution in [-0.4, -0.2) is 44.6 Å². The molecule has 1 N–H and O–H groups in total. The van der Waals surface area contributed by atoms with E-state index in [1.165, 1.54) is 36.6 Å². The number of hydrogen-bond acceptors (Lipinski definition) is 4. The first-order chi connectivity index (χ1) is 15.2. The summed E-state index contributed by atoms with van der Waals surface area (Å²) >= 11 is 12.2. The lowest BCUT2D eigenvalue weighted by molar-refractivity contribution is -0.122. The summed E-state index contributed by atoms with van der Waals surface area (Å²) in [4.78, 5) is 15.5.